The van der Waals surface area contributed by atoms with Crippen LogP contribution in [0.4, 0.5) is 5.69 Å². The standard InChI is InChI=1S/C16H20N4O/c1-11-2-3-13(17)10-14(11)16(21)20-8-5-12(6-9-20)15-4-7-18-19-15/h2-4,7,10,12H,5-6,8-9,17H2,1H3,(H,18,19). The van der Waals surface area contributed by atoms with E-state index in [1.54, 1.807) is 12.3 Å². The van der Waals surface area contributed by atoms with Gasteiger partial charge in [0.1, 0.15) is 0 Å². The summed E-state index contributed by atoms with van der Waals surface area (Å²) >= 11 is 0. The van der Waals surface area contributed by atoms with Gasteiger partial charge in [-0.15, -0.1) is 0 Å². The lowest BCUT2D eigenvalue weighted by Gasteiger charge is -2.32. The van der Waals surface area contributed by atoms with Crippen molar-refractivity contribution >= 4 is 11.6 Å². The number of carbonyl (C=O) groups is 1. The zero-order valence-electron chi connectivity index (χ0n) is 12.2. The molecule has 0 radical (unpaired) electrons. The number of nitrogens with zero attached hydrogens (tertiary/aromatic N) is 2. The minimum absolute atomic E-state index is 0.0860. The van der Waals surface area contributed by atoms with Crippen molar-refractivity contribution in [3.8, 4) is 0 Å². The number of hydrogen-bond donors (Lipinski definition) is 2. The third-order valence-corrected chi connectivity index (χ3v) is 4.24. The number of likely N-dealkylation sites (tertiary alicyclic amines) is 1. The second kappa shape index (κ2) is 5.60. The zero-order chi connectivity index (χ0) is 14.8. The van der Waals surface area contributed by atoms with Gasteiger partial charge in [0.05, 0.1) is 0 Å². The fraction of sp³-hybridized carbons (Fsp3) is 0.375. The zero-order valence-corrected chi connectivity index (χ0v) is 12.2. The van der Waals surface area contributed by atoms with Crippen molar-refractivity contribution in [2.45, 2.75) is 25.7 Å². The van der Waals surface area contributed by atoms with Crippen molar-refractivity contribution < 1.29 is 4.79 Å². The van der Waals surface area contributed by atoms with Gasteiger partial charge < -0.3 is 10.6 Å². The quantitative estimate of drug-likeness (QED) is 0.831. The van der Waals surface area contributed by atoms with Crippen LogP contribution >= 0.6 is 0 Å². The molecule has 1 aliphatic rings. The molecular weight excluding hydrogens is 264 g/mol. The van der Waals surface area contributed by atoms with Gasteiger partial charge in [-0.25, -0.2) is 0 Å². The second-order valence-electron chi connectivity index (χ2n) is 5.65. The van der Waals surface area contributed by atoms with Crippen LogP contribution in [0.1, 0.15) is 40.4 Å². The number of H-pyrrole nitrogens is 1. The van der Waals surface area contributed by atoms with Crippen LogP contribution in [0.5, 0.6) is 0 Å². The Morgan fingerprint density at radius 3 is 2.76 bits per heavy atom. The second-order valence-corrected chi connectivity index (χ2v) is 5.65. The number of aromatic nitrogens is 2. The highest BCUT2D eigenvalue weighted by molar-refractivity contribution is 5.96. The Balaban J connectivity index is 1.69. The molecule has 0 saturated carbocycles. The molecule has 0 spiro atoms. The van der Waals surface area contributed by atoms with E-state index in [2.05, 4.69) is 10.2 Å². The Hall–Kier alpha value is -2.30. The Morgan fingerprint density at radius 2 is 2.10 bits per heavy atom. The third-order valence-electron chi connectivity index (χ3n) is 4.24. The topological polar surface area (TPSA) is 75.0 Å². The van der Waals surface area contributed by atoms with Crippen molar-refractivity contribution in [1.29, 1.82) is 0 Å². The number of aromatic amines is 1. The van der Waals surface area contributed by atoms with E-state index < -0.39 is 0 Å². The van der Waals surface area contributed by atoms with Crippen LogP contribution in [-0.2, 0) is 0 Å². The summed E-state index contributed by atoms with van der Waals surface area (Å²) in [6.07, 6.45) is 3.72. The van der Waals surface area contributed by atoms with E-state index in [4.69, 9.17) is 5.73 Å². The normalized spacial score (nSPS) is 16.1. The molecule has 0 aliphatic carbocycles. The first-order valence-electron chi connectivity index (χ1n) is 7.30. The largest absolute Gasteiger partial charge is 0.399 e. The SMILES string of the molecule is Cc1ccc(N)cc1C(=O)N1CCC(c2ccn[nH]2)CC1. The number of nitrogen functional groups attached to an aromatic ring is 1. The third kappa shape index (κ3) is 2.77. The average Bonchev–Trinajstić information content (AvgIpc) is 3.03. The maximum Gasteiger partial charge on any atom is 0.254 e. The molecule has 21 heavy (non-hydrogen) atoms. The van der Waals surface area contributed by atoms with Crippen molar-refractivity contribution in [3.05, 3.63) is 47.3 Å². The van der Waals surface area contributed by atoms with Crippen LogP contribution in [0.25, 0.3) is 0 Å². The van der Waals surface area contributed by atoms with E-state index >= 15 is 0 Å². The molecule has 0 bridgehead atoms. The Morgan fingerprint density at radius 1 is 1.33 bits per heavy atom. The minimum Gasteiger partial charge on any atom is -0.399 e. The molecule has 0 unspecified atom stereocenters. The molecule has 2 heterocycles. The van der Waals surface area contributed by atoms with E-state index in [1.165, 1.54) is 5.69 Å². The number of hydrogen-bond acceptors (Lipinski definition) is 3. The van der Waals surface area contributed by atoms with E-state index in [9.17, 15) is 4.79 Å². The fourth-order valence-corrected chi connectivity index (χ4v) is 2.93. The van der Waals surface area contributed by atoms with Crippen LogP contribution < -0.4 is 5.73 Å². The summed E-state index contributed by atoms with van der Waals surface area (Å²) in [6.45, 7) is 3.50. The molecule has 3 N–H and O–H groups in total. The number of nitrogens with two attached hydrogens (primary N) is 1. The predicted molar refractivity (Wildman–Crippen MR) is 82.1 cm³/mol. The average molecular weight is 284 g/mol. The van der Waals surface area contributed by atoms with Gasteiger partial charge in [0.25, 0.3) is 5.91 Å². The van der Waals surface area contributed by atoms with Gasteiger partial charge in [0.2, 0.25) is 0 Å². The van der Waals surface area contributed by atoms with Gasteiger partial charge in [-0.05, 0) is 43.5 Å². The van der Waals surface area contributed by atoms with E-state index in [1.807, 2.05) is 30.0 Å². The van der Waals surface area contributed by atoms with Gasteiger partial charge in [0.15, 0.2) is 0 Å². The number of carbonyl (C=O) groups excluding carboxylic acids is 1. The van der Waals surface area contributed by atoms with Crippen LogP contribution in [-0.4, -0.2) is 34.1 Å². The summed E-state index contributed by atoms with van der Waals surface area (Å²) in [7, 11) is 0. The molecule has 5 heteroatoms. The highest BCUT2D eigenvalue weighted by atomic mass is 16.2. The van der Waals surface area contributed by atoms with Crippen LogP contribution in [0, 0.1) is 6.92 Å². The summed E-state index contributed by atoms with van der Waals surface area (Å²) in [5, 5.41) is 7.03. The van der Waals surface area contributed by atoms with E-state index in [0.29, 0.717) is 11.6 Å². The number of nitrogens with one attached hydrogen (secondary N) is 1. The summed E-state index contributed by atoms with van der Waals surface area (Å²) in [5.74, 6) is 0.557. The van der Waals surface area contributed by atoms with Gasteiger partial charge in [0, 0.05) is 42.1 Å². The highest BCUT2D eigenvalue weighted by Gasteiger charge is 2.25. The molecule has 3 rings (SSSR count). The van der Waals surface area contributed by atoms with Gasteiger partial charge in [-0.3, -0.25) is 9.89 Å². The molecule has 1 aliphatic heterocycles. The Labute approximate surface area is 124 Å². The molecule has 2 aromatic rings. The van der Waals surface area contributed by atoms with Crippen molar-refractivity contribution in [3.63, 3.8) is 0 Å². The number of aryl methyl sites for hydroxylation is 1. The number of amides is 1. The summed E-state index contributed by atoms with van der Waals surface area (Å²) in [5.41, 5.74) is 9.30. The molecule has 1 aromatic heterocycles. The van der Waals surface area contributed by atoms with Gasteiger partial charge in [-0.1, -0.05) is 6.07 Å². The molecule has 5 nitrogen and oxygen atoms in total. The monoisotopic (exact) mass is 284 g/mol. The summed E-state index contributed by atoms with van der Waals surface area (Å²) in [6, 6.07) is 7.53. The van der Waals surface area contributed by atoms with E-state index in [-0.39, 0.29) is 5.91 Å². The fourth-order valence-electron chi connectivity index (χ4n) is 2.93. The highest BCUT2D eigenvalue weighted by Crippen LogP contribution is 2.27. The van der Waals surface area contributed by atoms with Crippen LogP contribution in [0.3, 0.4) is 0 Å². The minimum atomic E-state index is 0.0860. The lowest BCUT2D eigenvalue weighted by atomic mass is 9.93. The number of piperidine rings is 1. The first-order chi connectivity index (χ1) is 10.1. The molecule has 1 saturated heterocycles. The molecule has 1 fully saturated rings. The van der Waals surface area contributed by atoms with Gasteiger partial charge >= 0.3 is 0 Å². The first-order valence-corrected chi connectivity index (χ1v) is 7.30. The maximum absolute atomic E-state index is 12.6. The lowest BCUT2D eigenvalue weighted by molar-refractivity contribution is 0.0711. The Kier molecular flexibility index (Phi) is 3.64. The number of benzene rings is 1. The number of rotatable bonds is 2. The summed E-state index contributed by atoms with van der Waals surface area (Å²) in [4.78, 5) is 14.5. The van der Waals surface area contributed by atoms with Crippen LogP contribution in [0.2, 0.25) is 0 Å². The molecule has 110 valence electrons. The Bertz CT molecular complexity index is 628. The number of anilines is 1. The predicted octanol–water partition coefficient (Wildman–Crippen LogP) is 2.32. The van der Waals surface area contributed by atoms with Crippen molar-refractivity contribution in [1.82, 2.24) is 15.1 Å². The molecular formula is C16H20N4O. The van der Waals surface area contributed by atoms with Crippen molar-refractivity contribution in [2.75, 3.05) is 18.8 Å². The lowest BCUT2D eigenvalue weighted by Crippen LogP contribution is -2.38. The maximum atomic E-state index is 12.6. The molecule has 1 amide bonds. The summed E-state index contributed by atoms with van der Waals surface area (Å²) < 4.78 is 0. The van der Waals surface area contributed by atoms with Crippen molar-refractivity contribution in [2.24, 2.45) is 0 Å². The first kappa shape index (κ1) is 13.7. The smallest absolute Gasteiger partial charge is 0.254 e. The van der Waals surface area contributed by atoms with Crippen LogP contribution in [0.15, 0.2) is 30.5 Å². The van der Waals surface area contributed by atoms with Gasteiger partial charge in [-0.2, -0.15) is 5.10 Å². The molecule has 0 atom stereocenters. The molecule has 1 aromatic carbocycles. The van der Waals surface area contributed by atoms with E-state index in [0.717, 1.165) is 37.1 Å².